The maximum Gasteiger partial charge on any atom is 0.199 e. The van der Waals surface area contributed by atoms with Crippen LogP contribution in [0.25, 0.3) is 11.3 Å². The van der Waals surface area contributed by atoms with Gasteiger partial charge in [-0.05, 0) is 77.4 Å². The molecule has 166 valence electrons. The van der Waals surface area contributed by atoms with E-state index in [0.29, 0.717) is 22.5 Å². The third-order valence-electron chi connectivity index (χ3n) is 5.12. The second-order valence-corrected chi connectivity index (χ2v) is 7.69. The Hall–Kier alpha value is -3.93. The Labute approximate surface area is 189 Å². The quantitative estimate of drug-likeness (QED) is 0.392. The monoisotopic (exact) mass is 450 g/mol. The van der Waals surface area contributed by atoms with Gasteiger partial charge < -0.3 is 4.74 Å². The fourth-order valence-corrected chi connectivity index (χ4v) is 3.30. The molecule has 2 nitrogen and oxygen atoms in total. The molecule has 33 heavy (non-hydrogen) atoms. The zero-order chi connectivity index (χ0) is 23.5. The topological polar surface area (TPSA) is 12.2 Å². The zero-order valence-corrected chi connectivity index (χ0v) is 18.0. The van der Waals surface area contributed by atoms with Crippen LogP contribution in [-0.4, -0.2) is 24.4 Å². The molecule has 2 aromatic carbocycles. The third-order valence-corrected chi connectivity index (χ3v) is 5.12. The summed E-state index contributed by atoms with van der Waals surface area (Å²) in [5.74, 6) is -3.29. The molecule has 2 aromatic rings. The van der Waals surface area contributed by atoms with Gasteiger partial charge in [-0.1, -0.05) is 12.1 Å². The van der Waals surface area contributed by atoms with Gasteiger partial charge in [-0.25, -0.2) is 22.1 Å². The molecule has 0 saturated carbocycles. The minimum atomic E-state index is -1.01. The van der Waals surface area contributed by atoms with Crippen LogP contribution in [0, 0.1) is 23.3 Å². The highest BCUT2D eigenvalue weighted by Crippen LogP contribution is 2.33. The lowest BCUT2D eigenvalue weighted by Crippen LogP contribution is -2.09. The first kappa shape index (κ1) is 22.3. The van der Waals surface area contributed by atoms with E-state index in [1.165, 1.54) is 12.1 Å². The molecule has 0 fully saturated rings. The lowest BCUT2D eigenvalue weighted by molar-refractivity contribution is -0.462. The van der Waals surface area contributed by atoms with Crippen LogP contribution in [0.15, 0.2) is 96.3 Å². The van der Waals surface area contributed by atoms with Gasteiger partial charge >= 0.3 is 0 Å². The molecule has 0 amide bonds. The van der Waals surface area contributed by atoms with Crippen molar-refractivity contribution < 1.29 is 26.9 Å². The Morgan fingerprint density at radius 3 is 1.91 bits per heavy atom. The molecule has 1 aliphatic carbocycles. The van der Waals surface area contributed by atoms with Gasteiger partial charge in [-0.2, -0.15) is 0 Å². The Morgan fingerprint density at radius 2 is 1.30 bits per heavy atom. The van der Waals surface area contributed by atoms with Gasteiger partial charge in [-0.3, -0.25) is 0 Å². The highest BCUT2D eigenvalue weighted by molar-refractivity contribution is 6.02. The van der Waals surface area contributed by atoms with E-state index in [0.717, 1.165) is 35.6 Å². The van der Waals surface area contributed by atoms with Crippen LogP contribution in [0.4, 0.5) is 17.6 Å². The molecule has 0 unspecified atom stereocenters. The number of halogens is 4. The lowest BCUT2D eigenvalue weighted by Gasteiger charge is -2.18. The number of nitrogens with zero attached hydrogens (tertiary/aromatic N) is 1. The molecule has 2 aliphatic rings. The van der Waals surface area contributed by atoms with E-state index in [1.807, 2.05) is 49.1 Å². The van der Waals surface area contributed by atoms with Crippen LogP contribution in [0.2, 0.25) is 0 Å². The van der Waals surface area contributed by atoms with Crippen molar-refractivity contribution in [1.82, 2.24) is 0 Å². The maximum absolute atomic E-state index is 13.8. The van der Waals surface area contributed by atoms with Crippen molar-refractivity contribution >= 4 is 17.0 Å². The summed E-state index contributed by atoms with van der Waals surface area (Å²) in [7, 11) is 3.90. The highest BCUT2D eigenvalue weighted by Gasteiger charge is 2.17. The fraction of sp³-hybridized carbons (Fsp3) is 0.0741. The number of ether oxygens (including phenoxy) is 1. The number of allylic oxidation sites excluding steroid dienone is 10. The molecular weight excluding hydrogens is 430 g/mol. The molecule has 0 saturated heterocycles. The molecule has 0 bridgehead atoms. The first-order chi connectivity index (χ1) is 15.8. The average molecular weight is 450 g/mol. The van der Waals surface area contributed by atoms with E-state index in [4.69, 9.17) is 4.74 Å². The van der Waals surface area contributed by atoms with E-state index >= 15 is 0 Å². The number of rotatable bonds is 3. The predicted octanol–water partition coefficient (Wildman–Crippen LogP) is 6.35. The Morgan fingerprint density at radius 1 is 0.697 bits per heavy atom. The summed E-state index contributed by atoms with van der Waals surface area (Å²) >= 11 is 0. The van der Waals surface area contributed by atoms with Crippen LogP contribution in [0.5, 0.6) is 0 Å². The Kier molecular flexibility index (Phi) is 6.27. The summed E-state index contributed by atoms with van der Waals surface area (Å²) in [4.78, 5) is 0. The second-order valence-electron chi connectivity index (χ2n) is 7.69. The van der Waals surface area contributed by atoms with Crippen LogP contribution < -0.4 is 0 Å². The van der Waals surface area contributed by atoms with E-state index in [2.05, 4.69) is 0 Å². The van der Waals surface area contributed by atoms with E-state index in [-0.39, 0.29) is 5.76 Å². The maximum atomic E-state index is 13.8. The minimum absolute atomic E-state index is 0.249. The summed E-state index contributed by atoms with van der Waals surface area (Å²) in [6.07, 6.45) is 14.6. The summed E-state index contributed by atoms with van der Waals surface area (Å²) in [6.45, 7) is 0. The molecule has 0 radical (unpaired) electrons. The van der Waals surface area contributed by atoms with Gasteiger partial charge in [0.2, 0.25) is 0 Å². The van der Waals surface area contributed by atoms with Crippen molar-refractivity contribution in [3.8, 4) is 0 Å². The van der Waals surface area contributed by atoms with E-state index in [1.54, 1.807) is 18.2 Å². The number of hydrogen-bond acceptors (Lipinski definition) is 1. The lowest BCUT2D eigenvalue weighted by atomic mass is 10.00. The summed E-state index contributed by atoms with van der Waals surface area (Å²) in [6, 6.07) is 6.97. The van der Waals surface area contributed by atoms with Crippen LogP contribution in [-0.2, 0) is 4.74 Å². The largest absolute Gasteiger partial charge is 0.457 e. The van der Waals surface area contributed by atoms with Crippen LogP contribution in [0.1, 0.15) is 11.1 Å². The molecule has 4 rings (SSSR count). The van der Waals surface area contributed by atoms with Gasteiger partial charge in [-0.15, -0.1) is 0 Å². The second kappa shape index (κ2) is 9.28. The summed E-state index contributed by atoms with van der Waals surface area (Å²) < 4.78 is 62.4. The Balaban J connectivity index is 1.73. The summed E-state index contributed by atoms with van der Waals surface area (Å²) in [5, 5.41) is 0. The smallest absolute Gasteiger partial charge is 0.199 e. The zero-order valence-electron chi connectivity index (χ0n) is 18.0. The van der Waals surface area contributed by atoms with E-state index in [9.17, 15) is 17.6 Å². The molecule has 0 spiro atoms. The van der Waals surface area contributed by atoms with Crippen molar-refractivity contribution in [2.75, 3.05) is 14.1 Å². The first-order valence-corrected chi connectivity index (χ1v) is 10.1. The summed E-state index contributed by atoms with van der Waals surface area (Å²) in [5.41, 5.74) is 3.23. The van der Waals surface area contributed by atoms with Crippen LogP contribution >= 0.6 is 0 Å². The molecule has 0 aromatic heterocycles. The standard InChI is InChI=1S/C27H20F4NO/c1-32(2)21-8-3-17(4-9-21)5-10-22-13-20(18-6-11-23(28)25(30)14-18)16-27(33-22)19-7-12-24(29)26(31)15-19/h3-16H,1-2H3/q+1/b22-10+. The average Bonchev–Trinajstić information content (AvgIpc) is 2.81. The van der Waals surface area contributed by atoms with Gasteiger partial charge in [0.1, 0.15) is 25.6 Å². The fourth-order valence-electron chi connectivity index (χ4n) is 3.30. The minimum Gasteiger partial charge on any atom is -0.457 e. The van der Waals surface area contributed by atoms with Gasteiger partial charge in [0.05, 0.1) is 0 Å². The first-order valence-electron chi connectivity index (χ1n) is 10.1. The SMILES string of the molecule is C[N+](C)=C1C=CC(=C/C=C2\C=C(c3ccc(F)c(F)c3)C=C(c3ccc(F)c(F)c3)O2)C=C1. The van der Waals surface area contributed by atoms with Crippen molar-refractivity contribution in [3.05, 3.63) is 131 Å². The molecule has 6 heteroatoms. The predicted molar refractivity (Wildman–Crippen MR) is 121 cm³/mol. The number of hydrogen-bond donors (Lipinski definition) is 0. The van der Waals surface area contributed by atoms with Gasteiger partial charge in [0.15, 0.2) is 29.0 Å². The molecule has 1 heterocycles. The van der Waals surface area contributed by atoms with Crippen molar-refractivity contribution in [1.29, 1.82) is 0 Å². The normalized spacial score (nSPS) is 16.5. The number of benzene rings is 2. The molecular formula is C27H20F4NO+. The van der Waals surface area contributed by atoms with Crippen molar-refractivity contribution in [2.24, 2.45) is 0 Å². The molecule has 0 atom stereocenters. The van der Waals surface area contributed by atoms with Crippen molar-refractivity contribution in [2.45, 2.75) is 0 Å². The highest BCUT2D eigenvalue weighted by atomic mass is 19.2. The molecule has 1 aliphatic heterocycles. The van der Waals surface area contributed by atoms with Gasteiger partial charge in [0.25, 0.3) is 0 Å². The van der Waals surface area contributed by atoms with E-state index < -0.39 is 23.3 Å². The van der Waals surface area contributed by atoms with Crippen LogP contribution in [0.3, 0.4) is 0 Å². The van der Waals surface area contributed by atoms with Crippen molar-refractivity contribution in [3.63, 3.8) is 0 Å². The molecule has 0 N–H and O–H groups in total. The van der Waals surface area contributed by atoms with Gasteiger partial charge in [0, 0.05) is 17.7 Å². The third kappa shape index (κ3) is 5.12. The Bertz CT molecular complexity index is 1320.